The lowest BCUT2D eigenvalue weighted by atomic mass is 9.99. The highest BCUT2D eigenvalue weighted by Crippen LogP contribution is 2.33. The fourth-order valence-corrected chi connectivity index (χ4v) is 3.20. The van der Waals surface area contributed by atoms with Crippen LogP contribution < -0.4 is 10.1 Å². The zero-order valence-corrected chi connectivity index (χ0v) is 17.7. The van der Waals surface area contributed by atoms with Crippen molar-refractivity contribution in [1.82, 2.24) is 0 Å². The summed E-state index contributed by atoms with van der Waals surface area (Å²) in [7, 11) is 1.38. The minimum absolute atomic E-state index is 0.0309. The van der Waals surface area contributed by atoms with Crippen molar-refractivity contribution in [2.24, 2.45) is 0 Å². The summed E-state index contributed by atoms with van der Waals surface area (Å²) in [5.74, 6) is -1.32. The zero-order valence-electron chi connectivity index (χ0n) is 16.9. The van der Waals surface area contributed by atoms with Gasteiger partial charge in [0.15, 0.2) is 6.10 Å². The van der Waals surface area contributed by atoms with Crippen molar-refractivity contribution >= 4 is 34.9 Å². The topological polar surface area (TPSA) is 81.7 Å². The summed E-state index contributed by atoms with van der Waals surface area (Å²) in [6.07, 6.45) is -1.16. The summed E-state index contributed by atoms with van der Waals surface area (Å²) in [4.78, 5) is 37.5. The minimum atomic E-state index is -1.16. The first-order valence-corrected chi connectivity index (χ1v) is 9.78. The summed E-state index contributed by atoms with van der Waals surface area (Å²) in [5, 5.41) is 2.70. The molecule has 0 spiro atoms. The van der Waals surface area contributed by atoms with E-state index in [0.717, 1.165) is 0 Å². The first kappa shape index (κ1) is 22.1. The standard InChI is InChI=1S/C24H20ClNO5/c1-15(27)26-20-14-21(30-2)18(13-19(20)25)24(29)31-23(17-11-7-4-8-12-17)22(28)16-9-5-3-6-10-16/h3-14,23H,1-2H3,(H,26,27)/t23-/m1/s1. The Kier molecular flexibility index (Phi) is 7.05. The second kappa shape index (κ2) is 9.91. The van der Waals surface area contributed by atoms with Gasteiger partial charge in [-0.15, -0.1) is 0 Å². The van der Waals surface area contributed by atoms with E-state index in [1.165, 1.54) is 26.2 Å². The van der Waals surface area contributed by atoms with Gasteiger partial charge >= 0.3 is 5.97 Å². The molecule has 0 aliphatic rings. The maximum Gasteiger partial charge on any atom is 0.343 e. The van der Waals surface area contributed by atoms with Gasteiger partial charge in [-0.05, 0) is 6.07 Å². The van der Waals surface area contributed by atoms with E-state index in [1.54, 1.807) is 60.7 Å². The number of hydrogen-bond acceptors (Lipinski definition) is 5. The molecule has 0 unspecified atom stereocenters. The van der Waals surface area contributed by atoms with Gasteiger partial charge < -0.3 is 14.8 Å². The number of Topliss-reactive ketones (excluding diaryl/α,β-unsaturated/α-hetero) is 1. The maximum absolute atomic E-state index is 13.1. The van der Waals surface area contributed by atoms with Gasteiger partial charge in [-0.25, -0.2) is 4.79 Å². The van der Waals surface area contributed by atoms with Crippen molar-refractivity contribution in [1.29, 1.82) is 0 Å². The predicted octanol–water partition coefficient (Wildman–Crippen LogP) is 5.09. The zero-order chi connectivity index (χ0) is 22.4. The molecular formula is C24H20ClNO5. The minimum Gasteiger partial charge on any atom is -0.496 e. The fourth-order valence-electron chi connectivity index (χ4n) is 2.99. The molecule has 1 atom stereocenters. The number of halogens is 1. The normalized spacial score (nSPS) is 11.3. The van der Waals surface area contributed by atoms with Crippen molar-refractivity contribution in [2.45, 2.75) is 13.0 Å². The molecule has 6 nitrogen and oxygen atoms in total. The second-order valence-electron chi connectivity index (χ2n) is 6.64. The molecule has 0 fully saturated rings. The summed E-state index contributed by atoms with van der Waals surface area (Å²) >= 11 is 6.21. The molecule has 0 aromatic heterocycles. The number of carbonyl (C=O) groups is 3. The van der Waals surface area contributed by atoms with Gasteiger partial charge in [-0.2, -0.15) is 0 Å². The Balaban J connectivity index is 1.96. The van der Waals surface area contributed by atoms with Crippen LogP contribution in [0.25, 0.3) is 0 Å². The monoisotopic (exact) mass is 437 g/mol. The molecule has 7 heteroatoms. The SMILES string of the molecule is COc1cc(NC(C)=O)c(Cl)cc1C(=O)O[C@@H](C(=O)c1ccccc1)c1ccccc1. The summed E-state index contributed by atoms with van der Waals surface area (Å²) < 4.78 is 10.9. The van der Waals surface area contributed by atoms with Gasteiger partial charge in [-0.3, -0.25) is 9.59 Å². The van der Waals surface area contributed by atoms with Crippen molar-refractivity contribution in [3.63, 3.8) is 0 Å². The number of amides is 1. The second-order valence-corrected chi connectivity index (χ2v) is 7.05. The molecule has 0 saturated carbocycles. The third-order valence-electron chi connectivity index (χ3n) is 4.44. The fraction of sp³-hybridized carbons (Fsp3) is 0.125. The summed E-state index contributed by atoms with van der Waals surface area (Å²) in [6, 6.07) is 20.1. The Morgan fingerprint density at radius 3 is 2.13 bits per heavy atom. The molecule has 1 amide bonds. The van der Waals surface area contributed by atoms with Crippen LogP contribution in [0.4, 0.5) is 5.69 Å². The quantitative estimate of drug-likeness (QED) is 0.411. The summed E-state index contributed by atoms with van der Waals surface area (Å²) in [6.45, 7) is 1.34. The van der Waals surface area contributed by atoms with Crippen LogP contribution >= 0.6 is 11.6 Å². The molecule has 3 aromatic rings. The molecule has 0 radical (unpaired) electrons. The van der Waals surface area contributed by atoms with Crippen molar-refractivity contribution in [2.75, 3.05) is 12.4 Å². The lowest BCUT2D eigenvalue weighted by molar-refractivity contribution is -0.114. The number of benzene rings is 3. The average Bonchev–Trinajstić information content (AvgIpc) is 2.78. The first-order chi connectivity index (χ1) is 14.9. The van der Waals surface area contributed by atoms with Crippen LogP contribution in [0, 0.1) is 0 Å². The van der Waals surface area contributed by atoms with E-state index in [0.29, 0.717) is 16.8 Å². The Morgan fingerprint density at radius 2 is 1.55 bits per heavy atom. The third-order valence-corrected chi connectivity index (χ3v) is 4.76. The number of esters is 1. The Morgan fingerprint density at radius 1 is 0.935 bits per heavy atom. The van der Waals surface area contributed by atoms with E-state index in [4.69, 9.17) is 21.1 Å². The molecule has 0 saturated heterocycles. The highest BCUT2D eigenvalue weighted by Gasteiger charge is 2.28. The Labute approximate surface area is 184 Å². The number of rotatable bonds is 7. The third kappa shape index (κ3) is 5.29. The Bertz CT molecular complexity index is 1100. The van der Waals surface area contributed by atoms with E-state index in [2.05, 4.69) is 5.32 Å². The van der Waals surface area contributed by atoms with Gasteiger partial charge in [-0.1, -0.05) is 72.3 Å². The molecule has 0 bridgehead atoms. The first-order valence-electron chi connectivity index (χ1n) is 9.41. The van der Waals surface area contributed by atoms with Crippen LogP contribution in [0.5, 0.6) is 5.75 Å². The molecule has 31 heavy (non-hydrogen) atoms. The molecule has 3 aromatic carbocycles. The van der Waals surface area contributed by atoms with Gasteiger partial charge in [0, 0.05) is 24.1 Å². The predicted molar refractivity (Wildman–Crippen MR) is 118 cm³/mol. The van der Waals surface area contributed by atoms with Gasteiger partial charge in [0.05, 0.1) is 17.8 Å². The van der Waals surface area contributed by atoms with Crippen LogP contribution in [0.15, 0.2) is 72.8 Å². The summed E-state index contributed by atoms with van der Waals surface area (Å²) in [5.41, 5.74) is 1.27. The van der Waals surface area contributed by atoms with Crippen molar-refractivity contribution in [3.8, 4) is 5.75 Å². The number of carbonyl (C=O) groups excluding carboxylic acids is 3. The van der Waals surface area contributed by atoms with E-state index >= 15 is 0 Å². The van der Waals surface area contributed by atoms with E-state index < -0.39 is 12.1 Å². The van der Waals surface area contributed by atoms with Gasteiger partial charge in [0.1, 0.15) is 11.3 Å². The average molecular weight is 438 g/mol. The van der Waals surface area contributed by atoms with Crippen molar-refractivity contribution in [3.05, 3.63) is 94.5 Å². The van der Waals surface area contributed by atoms with Crippen LogP contribution in [0.2, 0.25) is 5.02 Å². The molecule has 1 N–H and O–H groups in total. The number of anilines is 1. The van der Waals surface area contributed by atoms with Crippen LogP contribution in [0.3, 0.4) is 0 Å². The highest BCUT2D eigenvalue weighted by molar-refractivity contribution is 6.34. The molecule has 0 aliphatic carbocycles. The lowest BCUT2D eigenvalue weighted by Gasteiger charge is -2.19. The van der Waals surface area contributed by atoms with E-state index in [-0.39, 0.29) is 28.0 Å². The molecular weight excluding hydrogens is 418 g/mol. The van der Waals surface area contributed by atoms with Crippen LogP contribution in [-0.4, -0.2) is 24.8 Å². The van der Waals surface area contributed by atoms with Crippen LogP contribution in [-0.2, 0) is 9.53 Å². The molecule has 0 heterocycles. The number of methoxy groups -OCH3 is 1. The van der Waals surface area contributed by atoms with E-state index in [9.17, 15) is 14.4 Å². The maximum atomic E-state index is 13.1. The van der Waals surface area contributed by atoms with Gasteiger partial charge in [0.25, 0.3) is 0 Å². The smallest absolute Gasteiger partial charge is 0.343 e. The number of nitrogens with one attached hydrogen (secondary N) is 1. The molecule has 0 aliphatic heterocycles. The molecule has 158 valence electrons. The van der Waals surface area contributed by atoms with Crippen LogP contribution in [0.1, 0.15) is 39.3 Å². The lowest BCUT2D eigenvalue weighted by Crippen LogP contribution is -2.21. The number of ether oxygens (including phenoxy) is 2. The van der Waals surface area contributed by atoms with E-state index in [1.807, 2.05) is 0 Å². The largest absolute Gasteiger partial charge is 0.496 e. The molecule has 3 rings (SSSR count). The van der Waals surface area contributed by atoms with Gasteiger partial charge in [0.2, 0.25) is 11.7 Å². The number of hydrogen-bond donors (Lipinski definition) is 1. The highest BCUT2D eigenvalue weighted by atomic mass is 35.5. The van der Waals surface area contributed by atoms with Crippen molar-refractivity contribution < 1.29 is 23.9 Å². The number of ketones is 1. The Hall–Kier alpha value is -3.64.